The van der Waals surface area contributed by atoms with E-state index in [4.69, 9.17) is 15.2 Å². The van der Waals surface area contributed by atoms with Gasteiger partial charge in [0.25, 0.3) is 5.91 Å². The molecule has 0 radical (unpaired) electrons. The molecule has 1 fully saturated rings. The van der Waals surface area contributed by atoms with E-state index in [0.29, 0.717) is 44.7 Å². The van der Waals surface area contributed by atoms with E-state index in [1.165, 1.54) is 4.90 Å². The summed E-state index contributed by atoms with van der Waals surface area (Å²) in [6.07, 6.45) is 0.167. The Morgan fingerprint density at radius 3 is 2.00 bits per heavy atom. The molecule has 1 aromatic rings. The minimum atomic E-state index is -0.519. The number of carbonyl (C=O) groups excluding carboxylic acids is 4. The highest BCUT2D eigenvalue weighted by atomic mass is 16.6. The molecule has 0 aromatic heterocycles. The van der Waals surface area contributed by atoms with Crippen molar-refractivity contribution in [2.75, 3.05) is 37.6 Å². The third-order valence-corrected chi connectivity index (χ3v) is 5.32. The molecule has 0 saturated carbocycles. The minimum Gasteiger partial charge on any atom is -0.460 e. The maximum absolute atomic E-state index is 12.3. The van der Waals surface area contributed by atoms with Crippen molar-refractivity contribution in [1.82, 2.24) is 9.80 Å². The summed E-state index contributed by atoms with van der Waals surface area (Å²) >= 11 is 0. The standard InChI is InChI=1S/C19H26N4O4.C7H14O2/c1-19(2,3)27-18(26)22-8-6-21(7-9-22)14-4-5-15-13(10-14)11-23(17(15)25)12-16(20)24;1-5-6(8)9-7(2,3)4/h4-5,10H,6-9,11-12H2,1-3H3,(H2,20,24);5H2,1-4H3. The van der Waals surface area contributed by atoms with Crippen LogP contribution in [0.3, 0.4) is 0 Å². The second-order valence-electron chi connectivity index (χ2n) is 10.9. The van der Waals surface area contributed by atoms with Crippen LogP contribution >= 0.6 is 0 Å². The average molecular weight is 505 g/mol. The molecule has 0 bridgehead atoms. The van der Waals surface area contributed by atoms with Gasteiger partial charge in [0.2, 0.25) is 5.91 Å². The summed E-state index contributed by atoms with van der Waals surface area (Å²) in [5.74, 6) is -0.817. The van der Waals surface area contributed by atoms with Crippen molar-refractivity contribution in [1.29, 1.82) is 0 Å². The highest BCUT2D eigenvalue weighted by Crippen LogP contribution is 2.28. The quantitative estimate of drug-likeness (QED) is 0.626. The van der Waals surface area contributed by atoms with Crippen LogP contribution in [0.25, 0.3) is 0 Å². The van der Waals surface area contributed by atoms with E-state index < -0.39 is 11.5 Å². The summed E-state index contributed by atoms with van der Waals surface area (Å²) in [4.78, 5) is 51.5. The molecule has 200 valence electrons. The number of nitrogens with two attached hydrogens (primary N) is 1. The van der Waals surface area contributed by atoms with Crippen molar-refractivity contribution >= 4 is 29.6 Å². The van der Waals surface area contributed by atoms with Gasteiger partial charge in [0.05, 0.1) is 6.54 Å². The number of nitrogens with zero attached hydrogens (tertiary/aromatic N) is 3. The number of hydrogen-bond acceptors (Lipinski definition) is 7. The lowest BCUT2D eigenvalue weighted by Gasteiger charge is -2.36. The zero-order chi connectivity index (χ0) is 27.3. The zero-order valence-electron chi connectivity index (χ0n) is 22.6. The molecular weight excluding hydrogens is 464 g/mol. The van der Waals surface area contributed by atoms with Crippen LogP contribution in [0, 0.1) is 0 Å². The molecule has 2 aliphatic rings. The van der Waals surface area contributed by atoms with E-state index >= 15 is 0 Å². The maximum Gasteiger partial charge on any atom is 0.410 e. The third-order valence-electron chi connectivity index (χ3n) is 5.32. The number of fused-ring (bicyclic) bond motifs is 1. The number of rotatable bonds is 4. The fourth-order valence-corrected chi connectivity index (χ4v) is 3.77. The Hall–Kier alpha value is -3.30. The summed E-state index contributed by atoms with van der Waals surface area (Å²) in [5, 5.41) is 0. The Labute approximate surface area is 213 Å². The molecule has 2 aliphatic heterocycles. The lowest BCUT2D eigenvalue weighted by molar-refractivity contribution is -0.154. The second kappa shape index (κ2) is 11.6. The van der Waals surface area contributed by atoms with Crippen molar-refractivity contribution in [3.63, 3.8) is 0 Å². The fourth-order valence-electron chi connectivity index (χ4n) is 3.77. The van der Waals surface area contributed by atoms with Crippen molar-refractivity contribution in [2.45, 2.75) is 72.6 Å². The van der Waals surface area contributed by atoms with Crippen molar-refractivity contribution in [2.24, 2.45) is 5.73 Å². The van der Waals surface area contributed by atoms with Crippen molar-refractivity contribution in [3.05, 3.63) is 29.3 Å². The number of carbonyl (C=O) groups is 4. The van der Waals surface area contributed by atoms with Gasteiger partial charge in [-0.2, -0.15) is 0 Å². The molecule has 10 nitrogen and oxygen atoms in total. The maximum atomic E-state index is 12.3. The van der Waals surface area contributed by atoms with Gasteiger partial charge in [-0.25, -0.2) is 4.79 Å². The van der Waals surface area contributed by atoms with Gasteiger partial charge in [-0.1, -0.05) is 6.92 Å². The Kier molecular flexibility index (Phi) is 9.34. The molecular formula is C26H40N4O6. The van der Waals surface area contributed by atoms with Crippen LogP contribution in [-0.4, -0.2) is 77.6 Å². The molecule has 0 spiro atoms. The molecule has 1 saturated heterocycles. The Morgan fingerprint density at radius 1 is 0.944 bits per heavy atom. The normalized spacial score (nSPS) is 15.6. The monoisotopic (exact) mass is 504 g/mol. The number of amides is 3. The first-order valence-electron chi connectivity index (χ1n) is 12.2. The third kappa shape index (κ3) is 8.73. The smallest absolute Gasteiger partial charge is 0.410 e. The molecule has 2 N–H and O–H groups in total. The largest absolute Gasteiger partial charge is 0.460 e. The summed E-state index contributed by atoms with van der Waals surface area (Å²) in [7, 11) is 0. The topological polar surface area (TPSA) is 122 Å². The highest BCUT2D eigenvalue weighted by Gasteiger charge is 2.30. The van der Waals surface area contributed by atoms with Gasteiger partial charge < -0.3 is 29.9 Å². The lowest BCUT2D eigenvalue weighted by Crippen LogP contribution is -2.50. The van der Waals surface area contributed by atoms with Crippen LogP contribution in [0.4, 0.5) is 10.5 Å². The first-order valence-corrected chi connectivity index (χ1v) is 12.2. The van der Waals surface area contributed by atoms with Crippen LogP contribution in [0.1, 0.15) is 70.8 Å². The van der Waals surface area contributed by atoms with E-state index in [2.05, 4.69) is 4.90 Å². The first-order chi connectivity index (χ1) is 16.6. The Morgan fingerprint density at radius 2 is 1.53 bits per heavy atom. The Bertz CT molecular complexity index is 972. The van der Waals surface area contributed by atoms with Gasteiger partial charge in [-0.3, -0.25) is 14.4 Å². The Balaban J connectivity index is 0.000000434. The predicted molar refractivity (Wildman–Crippen MR) is 137 cm³/mol. The van der Waals surface area contributed by atoms with Gasteiger partial charge in [-0.15, -0.1) is 0 Å². The molecule has 36 heavy (non-hydrogen) atoms. The first kappa shape index (κ1) is 28.9. The zero-order valence-corrected chi connectivity index (χ0v) is 22.6. The minimum absolute atomic E-state index is 0.0720. The lowest BCUT2D eigenvalue weighted by atomic mass is 10.1. The number of ether oxygens (including phenoxy) is 2. The SMILES string of the molecule is CC(C)(C)OC(=O)N1CCN(c2ccc3c(c2)CN(CC(N)=O)C3=O)CC1.CCC(=O)OC(C)(C)C. The van der Waals surface area contributed by atoms with E-state index in [1.807, 2.05) is 53.7 Å². The summed E-state index contributed by atoms with van der Waals surface area (Å²) in [5.41, 5.74) is 6.90. The van der Waals surface area contributed by atoms with E-state index in [0.717, 1.165) is 11.3 Å². The van der Waals surface area contributed by atoms with E-state index in [1.54, 1.807) is 17.9 Å². The molecule has 2 heterocycles. The van der Waals surface area contributed by atoms with Crippen LogP contribution in [0.5, 0.6) is 0 Å². The summed E-state index contributed by atoms with van der Waals surface area (Å²) in [6, 6.07) is 5.69. The van der Waals surface area contributed by atoms with Gasteiger partial charge in [0, 0.05) is 50.4 Å². The second-order valence-corrected chi connectivity index (χ2v) is 10.9. The highest BCUT2D eigenvalue weighted by molar-refractivity contribution is 6.00. The van der Waals surface area contributed by atoms with Gasteiger partial charge in [0.15, 0.2) is 0 Å². The van der Waals surface area contributed by atoms with Gasteiger partial charge >= 0.3 is 12.1 Å². The van der Waals surface area contributed by atoms with E-state index in [9.17, 15) is 19.2 Å². The number of primary amides is 1. The summed E-state index contributed by atoms with van der Waals surface area (Å²) < 4.78 is 10.4. The number of esters is 1. The molecule has 3 rings (SSSR count). The number of benzene rings is 1. The fraction of sp³-hybridized carbons (Fsp3) is 0.615. The predicted octanol–water partition coefficient (Wildman–Crippen LogP) is 2.92. The van der Waals surface area contributed by atoms with Crippen LogP contribution in [-0.2, 0) is 25.6 Å². The molecule has 10 heteroatoms. The molecule has 0 atom stereocenters. The van der Waals surface area contributed by atoms with Crippen LogP contribution in [0.2, 0.25) is 0 Å². The molecule has 0 unspecified atom stereocenters. The van der Waals surface area contributed by atoms with Crippen molar-refractivity contribution in [3.8, 4) is 0 Å². The number of anilines is 1. The van der Waals surface area contributed by atoms with Crippen molar-refractivity contribution < 1.29 is 28.7 Å². The molecule has 3 amide bonds. The number of piperazine rings is 1. The molecule has 1 aromatic carbocycles. The van der Waals surface area contributed by atoms with Gasteiger partial charge in [-0.05, 0) is 65.3 Å². The van der Waals surface area contributed by atoms with Crippen LogP contribution < -0.4 is 10.6 Å². The average Bonchev–Trinajstić information content (AvgIpc) is 3.06. The van der Waals surface area contributed by atoms with Gasteiger partial charge in [0.1, 0.15) is 11.2 Å². The molecule has 0 aliphatic carbocycles. The van der Waals surface area contributed by atoms with E-state index in [-0.39, 0.29) is 30.1 Å². The van der Waals surface area contributed by atoms with Crippen LogP contribution in [0.15, 0.2) is 18.2 Å². The summed E-state index contributed by atoms with van der Waals surface area (Å²) in [6.45, 7) is 15.8. The number of hydrogen-bond donors (Lipinski definition) is 1.